The number of nitrogens with one attached hydrogen (secondary N) is 1. The normalized spacial score (nSPS) is 17.6. The van der Waals surface area contributed by atoms with Crippen LogP contribution in [0.5, 0.6) is 0 Å². The van der Waals surface area contributed by atoms with Crippen molar-refractivity contribution in [3.8, 4) is 0 Å². The molecule has 0 aromatic carbocycles. The monoisotopic (exact) mass is 220 g/mol. The summed E-state index contributed by atoms with van der Waals surface area (Å²) in [5, 5.41) is 0. The van der Waals surface area contributed by atoms with Gasteiger partial charge in [-0.05, 0) is 25.2 Å². The zero-order valence-corrected chi connectivity index (χ0v) is 10.2. The largest absolute Gasteiger partial charge is 0.308 e. The summed E-state index contributed by atoms with van der Waals surface area (Å²) in [6.45, 7) is 6.59. The Morgan fingerprint density at radius 2 is 2.12 bits per heavy atom. The number of nitrogens with two attached hydrogens (primary N) is 1. The Morgan fingerprint density at radius 3 is 2.62 bits per heavy atom. The predicted molar refractivity (Wildman–Crippen MR) is 65.0 cm³/mol. The highest BCUT2D eigenvalue weighted by Gasteiger charge is 2.42. The first-order valence-corrected chi connectivity index (χ1v) is 5.88. The van der Waals surface area contributed by atoms with E-state index in [4.69, 9.17) is 5.84 Å². The van der Waals surface area contributed by atoms with Crippen LogP contribution in [0.25, 0.3) is 0 Å². The molecular formula is C12H20N4. The molecule has 1 aliphatic carbocycles. The third-order valence-electron chi connectivity index (χ3n) is 3.08. The molecule has 0 bridgehead atoms. The van der Waals surface area contributed by atoms with E-state index >= 15 is 0 Å². The highest BCUT2D eigenvalue weighted by atomic mass is 15.3. The van der Waals surface area contributed by atoms with Crippen LogP contribution in [0.4, 0.5) is 5.82 Å². The van der Waals surface area contributed by atoms with Gasteiger partial charge in [-0.1, -0.05) is 20.8 Å². The molecule has 88 valence electrons. The summed E-state index contributed by atoms with van der Waals surface area (Å²) in [5.41, 5.74) is 3.91. The second-order valence-electron chi connectivity index (χ2n) is 5.37. The molecule has 0 unspecified atom stereocenters. The van der Waals surface area contributed by atoms with Crippen molar-refractivity contribution in [1.29, 1.82) is 0 Å². The van der Waals surface area contributed by atoms with Crippen LogP contribution in [0, 0.1) is 5.92 Å². The van der Waals surface area contributed by atoms with Gasteiger partial charge in [0.15, 0.2) is 0 Å². The van der Waals surface area contributed by atoms with Crippen LogP contribution in [0.2, 0.25) is 0 Å². The van der Waals surface area contributed by atoms with Crippen molar-refractivity contribution in [2.75, 3.05) is 5.43 Å². The average molecular weight is 220 g/mol. The van der Waals surface area contributed by atoms with Gasteiger partial charge in [0.1, 0.15) is 11.6 Å². The van der Waals surface area contributed by atoms with Crippen LogP contribution in [0.1, 0.15) is 45.1 Å². The molecule has 3 N–H and O–H groups in total. The van der Waals surface area contributed by atoms with E-state index in [1.54, 1.807) is 0 Å². The Kier molecular flexibility index (Phi) is 2.84. The summed E-state index contributed by atoms with van der Waals surface area (Å²) >= 11 is 0. The van der Waals surface area contributed by atoms with Crippen molar-refractivity contribution in [1.82, 2.24) is 9.97 Å². The van der Waals surface area contributed by atoms with Crippen molar-refractivity contribution in [3.63, 3.8) is 0 Å². The molecule has 1 heterocycles. The second-order valence-corrected chi connectivity index (χ2v) is 5.37. The Labute approximate surface area is 96.6 Å². The summed E-state index contributed by atoms with van der Waals surface area (Å²) in [4.78, 5) is 9.09. The molecule has 1 aliphatic rings. The molecule has 0 aliphatic heterocycles. The lowest BCUT2D eigenvalue weighted by atomic mass is 10.1. The fourth-order valence-electron chi connectivity index (χ4n) is 1.78. The molecule has 1 aromatic heterocycles. The standard InChI is InChI=1S/C12H20N4/c1-8(2)6-9-7-10(16-13)15-11(14-9)12(3)4-5-12/h7-8H,4-6,13H2,1-3H3,(H,14,15,16). The first-order chi connectivity index (χ1) is 7.53. The minimum absolute atomic E-state index is 0.193. The van der Waals surface area contributed by atoms with Crippen LogP contribution in [-0.2, 0) is 11.8 Å². The number of nitrogen functional groups attached to an aromatic ring is 1. The number of hydrogen-bond donors (Lipinski definition) is 2. The number of hydrogen-bond acceptors (Lipinski definition) is 4. The van der Waals surface area contributed by atoms with E-state index in [1.165, 1.54) is 12.8 Å². The predicted octanol–water partition coefficient (Wildman–Crippen LogP) is 2.01. The summed E-state index contributed by atoms with van der Waals surface area (Å²) < 4.78 is 0. The summed E-state index contributed by atoms with van der Waals surface area (Å²) in [6, 6.07) is 1.94. The quantitative estimate of drug-likeness (QED) is 0.602. The van der Waals surface area contributed by atoms with Crippen molar-refractivity contribution in [2.24, 2.45) is 11.8 Å². The maximum Gasteiger partial charge on any atom is 0.143 e. The van der Waals surface area contributed by atoms with E-state index in [0.29, 0.717) is 5.92 Å². The number of anilines is 1. The van der Waals surface area contributed by atoms with E-state index in [9.17, 15) is 0 Å². The highest BCUT2D eigenvalue weighted by Crippen LogP contribution is 2.46. The zero-order valence-electron chi connectivity index (χ0n) is 10.2. The molecule has 4 heteroatoms. The molecule has 0 atom stereocenters. The SMILES string of the molecule is CC(C)Cc1cc(NN)nc(C2(C)CC2)n1. The number of hydrazine groups is 1. The third-order valence-corrected chi connectivity index (χ3v) is 3.08. The maximum absolute atomic E-state index is 5.44. The fraction of sp³-hybridized carbons (Fsp3) is 0.667. The fourth-order valence-corrected chi connectivity index (χ4v) is 1.78. The average Bonchev–Trinajstić information content (AvgIpc) is 2.96. The van der Waals surface area contributed by atoms with Crippen molar-refractivity contribution < 1.29 is 0 Å². The topological polar surface area (TPSA) is 63.8 Å². The molecule has 4 nitrogen and oxygen atoms in total. The first kappa shape index (κ1) is 11.3. The number of aromatic nitrogens is 2. The van der Waals surface area contributed by atoms with Gasteiger partial charge in [-0.25, -0.2) is 15.8 Å². The van der Waals surface area contributed by atoms with E-state index in [1.807, 2.05) is 6.07 Å². The molecule has 0 saturated heterocycles. The second kappa shape index (κ2) is 4.01. The van der Waals surface area contributed by atoms with E-state index < -0.39 is 0 Å². The highest BCUT2D eigenvalue weighted by molar-refractivity contribution is 5.36. The minimum atomic E-state index is 0.193. The van der Waals surface area contributed by atoms with Gasteiger partial charge < -0.3 is 5.43 Å². The molecule has 1 saturated carbocycles. The zero-order chi connectivity index (χ0) is 11.8. The van der Waals surface area contributed by atoms with Gasteiger partial charge in [0.2, 0.25) is 0 Å². The summed E-state index contributed by atoms with van der Waals surface area (Å²) in [7, 11) is 0. The van der Waals surface area contributed by atoms with E-state index in [-0.39, 0.29) is 5.41 Å². The van der Waals surface area contributed by atoms with Crippen LogP contribution in [0.15, 0.2) is 6.07 Å². The van der Waals surface area contributed by atoms with Gasteiger partial charge in [0, 0.05) is 17.2 Å². The van der Waals surface area contributed by atoms with Crippen molar-refractivity contribution in [3.05, 3.63) is 17.6 Å². The summed E-state index contributed by atoms with van der Waals surface area (Å²) in [5.74, 6) is 7.71. The van der Waals surface area contributed by atoms with Gasteiger partial charge in [0.25, 0.3) is 0 Å². The molecule has 16 heavy (non-hydrogen) atoms. The maximum atomic E-state index is 5.44. The molecule has 0 spiro atoms. The Morgan fingerprint density at radius 1 is 1.44 bits per heavy atom. The molecule has 1 aromatic rings. The third kappa shape index (κ3) is 2.32. The van der Waals surface area contributed by atoms with Crippen LogP contribution >= 0.6 is 0 Å². The number of rotatable bonds is 4. The summed E-state index contributed by atoms with van der Waals surface area (Å²) in [6.07, 6.45) is 3.34. The molecule has 2 rings (SSSR count). The Hall–Kier alpha value is -1.16. The number of nitrogens with zero attached hydrogens (tertiary/aromatic N) is 2. The molecule has 1 fully saturated rings. The van der Waals surface area contributed by atoms with Crippen LogP contribution in [-0.4, -0.2) is 9.97 Å². The van der Waals surface area contributed by atoms with Gasteiger partial charge in [-0.15, -0.1) is 0 Å². The molecule has 0 radical (unpaired) electrons. The van der Waals surface area contributed by atoms with Gasteiger partial charge in [-0.3, -0.25) is 0 Å². The van der Waals surface area contributed by atoms with Gasteiger partial charge in [0.05, 0.1) is 0 Å². The smallest absolute Gasteiger partial charge is 0.143 e. The Bertz CT molecular complexity index is 383. The van der Waals surface area contributed by atoms with Crippen LogP contribution in [0.3, 0.4) is 0 Å². The minimum Gasteiger partial charge on any atom is -0.308 e. The lowest BCUT2D eigenvalue weighted by Gasteiger charge is -2.12. The first-order valence-electron chi connectivity index (χ1n) is 5.88. The lowest BCUT2D eigenvalue weighted by Crippen LogP contribution is -2.15. The van der Waals surface area contributed by atoms with Crippen LogP contribution < -0.4 is 11.3 Å². The molecular weight excluding hydrogens is 200 g/mol. The van der Waals surface area contributed by atoms with Crippen molar-refractivity contribution in [2.45, 2.75) is 45.4 Å². The van der Waals surface area contributed by atoms with E-state index in [0.717, 1.165) is 23.8 Å². The molecule has 0 amide bonds. The van der Waals surface area contributed by atoms with Crippen molar-refractivity contribution >= 4 is 5.82 Å². The lowest BCUT2D eigenvalue weighted by molar-refractivity contribution is 0.619. The Balaban J connectivity index is 2.31. The van der Waals surface area contributed by atoms with Gasteiger partial charge >= 0.3 is 0 Å². The van der Waals surface area contributed by atoms with Gasteiger partial charge in [-0.2, -0.15) is 0 Å². The van der Waals surface area contributed by atoms with E-state index in [2.05, 4.69) is 36.2 Å².